The Labute approximate surface area is 97.5 Å². The molecule has 0 amide bonds. The molecule has 0 aliphatic rings. The topological polar surface area (TPSA) is 37.5 Å². The highest BCUT2D eigenvalue weighted by molar-refractivity contribution is 5.54. The number of rotatable bonds is 2. The van der Waals surface area contributed by atoms with Crippen LogP contribution >= 0.6 is 0 Å². The third-order valence-electron chi connectivity index (χ3n) is 2.37. The molecule has 98 valence electrons. The Morgan fingerprint density at radius 3 is 2.44 bits per heavy atom. The zero-order valence-electron chi connectivity index (χ0n) is 8.70. The minimum atomic E-state index is -4.95. The van der Waals surface area contributed by atoms with Crippen LogP contribution < -0.4 is 0 Å². The third kappa shape index (κ3) is 2.03. The first-order chi connectivity index (χ1) is 8.32. The van der Waals surface area contributed by atoms with E-state index in [4.69, 9.17) is 5.11 Å². The number of fused-ring (bicyclic) bond motifs is 1. The molecule has 1 N–H and O–H groups in total. The molecule has 1 unspecified atom stereocenters. The molecule has 0 aromatic carbocycles. The van der Waals surface area contributed by atoms with Crippen molar-refractivity contribution in [1.82, 2.24) is 9.38 Å². The van der Waals surface area contributed by atoms with Gasteiger partial charge in [-0.25, -0.2) is 13.8 Å². The number of nitrogens with zero attached hydrogens (tertiary/aromatic N) is 2. The molecule has 2 aromatic heterocycles. The molecule has 3 nitrogen and oxygen atoms in total. The van der Waals surface area contributed by atoms with Crippen molar-refractivity contribution in [2.75, 3.05) is 0 Å². The minimum Gasteiger partial charge on any atom is -0.378 e. The fourth-order valence-corrected chi connectivity index (χ4v) is 1.60. The minimum absolute atomic E-state index is 0.197. The lowest BCUT2D eigenvalue weighted by Gasteiger charge is -2.12. The predicted molar refractivity (Wildman–Crippen MR) is 51.2 cm³/mol. The van der Waals surface area contributed by atoms with Gasteiger partial charge in [0.15, 0.2) is 11.9 Å². The predicted octanol–water partition coefficient (Wildman–Crippen LogP) is 2.87. The summed E-state index contributed by atoms with van der Waals surface area (Å²) in [5.74, 6) is -0.830. The van der Waals surface area contributed by atoms with Crippen LogP contribution in [-0.4, -0.2) is 20.7 Å². The maximum absolute atomic E-state index is 12.6. The molecule has 0 fully saturated rings. The Hall–Kier alpha value is -1.70. The molecule has 18 heavy (non-hydrogen) atoms. The Bertz CT molecular complexity index is 563. The summed E-state index contributed by atoms with van der Waals surface area (Å²) in [6.45, 7) is 0. The molecule has 0 aliphatic carbocycles. The molecular formula is C10H7F5N2O. The standard InChI is InChI=1S/C10H7F5N2O/c11-8(12)9-16-6(7(18)10(13,14)15)5-3-1-2-4-17(5)9/h1-4,7-8,18H. The van der Waals surface area contributed by atoms with E-state index in [0.717, 1.165) is 10.6 Å². The Balaban J connectivity index is 2.65. The second kappa shape index (κ2) is 4.20. The molecule has 2 heterocycles. The van der Waals surface area contributed by atoms with Crippen molar-refractivity contribution < 1.29 is 27.1 Å². The molecule has 0 radical (unpaired) electrons. The van der Waals surface area contributed by atoms with Crippen LogP contribution in [0.5, 0.6) is 0 Å². The summed E-state index contributed by atoms with van der Waals surface area (Å²) in [5, 5.41) is 9.10. The van der Waals surface area contributed by atoms with Crippen molar-refractivity contribution in [2.24, 2.45) is 0 Å². The lowest BCUT2D eigenvalue weighted by Crippen LogP contribution is -2.20. The third-order valence-corrected chi connectivity index (χ3v) is 2.37. The fraction of sp³-hybridized carbons (Fsp3) is 0.300. The molecule has 8 heteroatoms. The van der Waals surface area contributed by atoms with Crippen molar-refractivity contribution >= 4 is 5.52 Å². The van der Waals surface area contributed by atoms with Crippen LogP contribution in [0.2, 0.25) is 0 Å². The first-order valence-corrected chi connectivity index (χ1v) is 4.82. The summed E-state index contributed by atoms with van der Waals surface area (Å²) in [6.07, 6.45) is -9.71. The van der Waals surface area contributed by atoms with E-state index >= 15 is 0 Å². The van der Waals surface area contributed by atoms with Gasteiger partial charge in [0.2, 0.25) is 0 Å². The van der Waals surface area contributed by atoms with Crippen LogP contribution in [0.1, 0.15) is 24.0 Å². The first kappa shape index (κ1) is 12.7. The van der Waals surface area contributed by atoms with Gasteiger partial charge in [-0.1, -0.05) is 6.07 Å². The summed E-state index contributed by atoms with van der Waals surface area (Å²) in [4.78, 5) is 3.20. The second-order valence-corrected chi connectivity index (χ2v) is 3.56. The van der Waals surface area contributed by atoms with Gasteiger partial charge >= 0.3 is 6.18 Å². The number of aromatic nitrogens is 2. The Morgan fingerprint density at radius 2 is 1.89 bits per heavy atom. The molecule has 0 bridgehead atoms. The normalized spacial score (nSPS) is 14.4. The molecule has 0 saturated carbocycles. The highest BCUT2D eigenvalue weighted by atomic mass is 19.4. The van der Waals surface area contributed by atoms with Gasteiger partial charge in [-0.2, -0.15) is 13.2 Å². The van der Waals surface area contributed by atoms with Crippen LogP contribution in [0.25, 0.3) is 5.52 Å². The average molecular weight is 266 g/mol. The molecule has 0 spiro atoms. The summed E-state index contributed by atoms with van der Waals surface area (Å²) in [7, 11) is 0. The van der Waals surface area contributed by atoms with E-state index in [0.29, 0.717) is 0 Å². The highest BCUT2D eigenvalue weighted by Gasteiger charge is 2.42. The van der Waals surface area contributed by atoms with Crippen LogP contribution in [0.3, 0.4) is 0 Å². The van der Waals surface area contributed by atoms with Gasteiger partial charge in [0, 0.05) is 6.20 Å². The number of imidazole rings is 1. The maximum atomic E-state index is 12.6. The van der Waals surface area contributed by atoms with Gasteiger partial charge < -0.3 is 5.11 Å². The smallest absolute Gasteiger partial charge is 0.378 e. The van der Waals surface area contributed by atoms with Gasteiger partial charge in [-0.05, 0) is 12.1 Å². The highest BCUT2D eigenvalue weighted by Crippen LogP contribution is 2.35. The summed E-state index contributed by atoms with van der Waals surface area (Å²) < 4.78 is 63.2. The number of aliphatic hydroxyl groups excluding tert-OH is 1. The van der Waals surface area contributed by atoms with E-state index in [-0.39, 0.29) is 5.52 Å². The Morgan fingerprint density at radius 1 is 1.22 bits per heavy atom. The van der Waals surface area contributed by atoms with Crippen molar-refractivity contribution in [3.63, 3.8) is 0 Å². The van der Waals surface area contributed by atoms with Crippen molar-refractivity contribution in [2.45, 2.75) is 18.7 Å². The number of hydrogen-bond donors (Lipinski definition) is 1. The van der Waals surface area contributed by atoms with Gasteiger partial charge in [-0.3, -0.25) is 4.40 Å². The number of alkyl halides is 5. The van der Waals surface area contributed by atoms with E-state index < -0.39 is 30.2 Å². The largest absolute Gasteiger partial charge is 0.420 e. The van der Waals surface area contributed by atoms with Crippen LogP contribution in [0, 0.1) is 0 Å². The maximum Gasteiger partial charge on any atom is 0.420 e. The lowest BCUT2D eigenvalue weighted by molar-refractivity contribution is -0.207. The van der Waals surface area contributed by atoms with Gasteiger partial charge in [-0.15, -0.1) is 0 Å². The van der Waals surface area contributed by atoms with Crippen molar-refractivity contribution in [3.8, 4) is 0 Å². The van der Waals surface area contributed by atoms with Crippen LogP contribution in [0.4, 0.5) is 22.0 Å². The van der Waals surface area contributed by atoms with E-state index in [1.807, 2.05) is 0 Å². The number of halogens is 5. The van der Waals surface area contributed by atoms with Gasteiger partial charge in [0.1, 0.15) is 5.69 Å². The number of aliphatic hydroxyl groups is 1. The van der Waals surface area contributed by atoms with Crippen LogP contribution in [-0.2, 0) is 0 Å². The summed E-state index contributed by atoms with van der Waals surface area (Å²) >= 11 is 0. The Kier molecular flexibility index (Phi) is 2.97. The zero-order chi connectivity index (χ0) is 13.5. The molecule has 1 atom stereocenters. The van der Waals surface area contributed by atoms with Crippen molar-refractivity contribution in [1.29, 1.82) is 0 Å². The average Bonchev–Trinajstić information content (AvgIpc) is 2.66. The molecular weight excluding hydrogens is 259 g/mol. The monoisotopic (exact) mass is 266 g/mol. The number of hydrogen-bond acceptors (Lipinski definition) is 2. The molecule has 0 aliphatic heterocycles. The molecule has 0 saturated heterocycles. The number of pyridine rings is 1. The van der Waals surface area contributed by atoms with Gasteiger partial charge in [0.05, 0.1) is 5.52 Å². The van der Waals surface area contributed by atoms with E-state index in [2.05, 4.69) is 4.98 Å². The molecule has 2 rings (SSSR count). The fourth-order valence-electron chi connectivity index (χ4n) is 1.60. The molecule has 2 aromatic rings. The lowest BCUT2D eigenvalue weighted by atomic mass is 10.2. The van der Waals surface area contributed by atoms with Crippen LogP contribution in [0.15, 0.2) is 24.4 Å². The van der Waals surface area contributed by atoms with E-state index in [9.17, 15) is 22.0 Å². The van der Waals surface area contributed by atoms with Gasteiger partial charge in [0.25, 0.3) is 6.43 Å². The van der Waals surface area contributed by atoms with Crippen molar-refractivity contribution in [3.05, 3.63) is 35.9 Å². The summed E-state index contributed by atoms with van der Waals surface area (Å²) in [6, 6.07) is 3.94. The second-order valence-electron chi connectivity index (χ2n) is 3.56. The SMILES string of the molecule is OC(c1nc(C(F)F)n2ccccc12)C(F)(F)F. The quantitative estimate of drug-likeness (QED) is 0.849. The zero-order valence-corrected chi connectivity index (χ0v) is 8.70. The first-order valence-electron chi connectivity index (χ1n) is 4.82. The summed E-state index contributed by atoms with van der Waals surface area (Å²) in [5.41, 5.74) is -1.02. The van der Waals surface area contributed by atoms with E-state index in [1.54, 1.807) is 0 Å². The van der Waals surface area contributed by atoms with E-state index in [1.165, 1.54) is 18.2 Å².